The molecule has 2 heterocycles. The molecule has 2 aromatic rings. The zero-order valence-electron chi connectivity index (χ0n) is 15.0. The zero-order valence-corrected chi connectivity index (χ0v) is 15.0. The third-order valence-corrected chi connectivity index (χ3v) is 4.40. The minimum atomic E-state index is 0.161. The molecule has 0 amide bonds. The average molecular weight is 329 g/mol. The van der Waals surface area contributed by atoms with E-state index in [1.807, 2.05) is 13.8 Å². The lowest BCUT2D eigenvalue weighted by Gasteiger charge is -2.23. The highest BCUT2D eigenvalue weighted by Crippen LogP contribution is 2.43. The van der Waals surface area contributed by atoms with Crippen molar-refractivity contribution >= 4 is 0 Å². The average Bonchev–Trinajstić information content (AvgIpc) is 3.10. The first kappa shape index (κ1) is 17.1. The highest BCUT2D eigenvalue weighted by atomic mass is 16.5. The monoisotopic (exact) mass is 329 g/mol. The van der Waals surface area contributed by atoms with Gasteiger partial charge in [-0.25, -0.2) is 0 Å². The van der Waals surface area contributed by atoms with Crippen molar-refractivity contribution in [3.05, 3.63) is 47.6 Å². The van der Waals surface area contributed by atoms with Crippen molar-refractivity contribution in [2.24, 2.45) is 5.41 Å². The molecule has 0 unspecified atom stereocenters. The standard InChI is InChI=1S/C19H27N3O2/c1-14(2)23-12-17-20-18(24-21-17)11-22-13-19(3,4)10-16(22)15-8-6-5-7-9-15/h5-9,14,16H,10-13H2,1-4H3/t16-/m0/s1. The maximum absolute atomic E-state index is 5.54. The number of hydrogen-bond acceptors (Lipinski definition) is 5. The predicted molar refractivity (Wildman–Crippen MR) is 92.2 cm³/mol. The van der Waals surface area contributed by atoms with Crippen LogP contribution in [0, 0.1) is 5.41 Å². The quantitative estimate of drug-likeness (QED) is 0.802. The number of rotatable bonds is 6. The van der Waals surface area contributed by atoms with Gasteiger partial charge in [0.25, 0.3) is 0 Å². The van der Waals surface area contributed by atoms with E-state index < -0.39 is 0 Å². The summed E-state index contributed by atoms with van der Waals surface area (Å²) >= 11 is 0. The van der Waals surface area contributed by atoms with E-state index in [0.717, 1.165) is 13.0 Å². The van der Waals surface area contributed by atoms with Crippen molar-refractivity contribution in [2.45, 2.75) is 59.4 Å². The van der Waals surface area contributed by atoms with Crippen LogP contribution in [0.2, 0.25) is 0 Å². The Bertz CT molecular complexity index is 652. The lowest BCUT2D eigenvalue weighted by molar-refractivity contribution is 0.0601. The smallest absolute Gasteiger partial charge is 0.240 e. The first-order chi connectivity index (χ1) is 11.4. The maximum atomic E-state index is 5.54. The third-order valence-electron chi connectivity index (χ3n) is 4.40. The van der Waals surface area contributed by atoms with E-state index in [-0.39, 0.29) is 11.5 Å². The topological polar surface area (TPSA) is 51.4 Å². The number of nitrogens with zero attached hydrogens (tertiary/aromatic N) is 3. The normalized spacial score (nSPS) is 20.8. The minimum Gasteiger partial charge on any atom is -0.371 e. The maximum Gasteiger partial charge on any atom is 0.240 e. The van der Waals surface area contributed by atoms with E-state index in [1.165, 1.54) is 5.56 Å². The van der Waals surface area contributed by atoms with Crippen LogP contribution in [0.3, 0.4) is 0 Å². The molecule has 0 saturated carbocycles. The Labute approximate surface area is 144 Å². The number of benzene rings is 1. The lowest BCUT2D eigenvalue weighted by atomic mass is 9.89. The predicted octanol–water partition coefficient (Wildman–Crippen LogP) is 3.97. The first-order valence-electron chi connectivity index (χ1n) is 8.65. The summed E-state index contributed by atoms with van der Waals surface area (Å²) < 4.78 is 11.0. The lowest BCUT2D eigenvalue weighted by Crippen LogP contribution is -2.25. The molecule has 1 saturated heterocycles. The Morgan fingerprint density at radius 2 is 2.04 bits per heavy atom. The minimum absolute atomic E-state index is 0.161. The molecule has 0 bridgehead atoms. The highest BCUT2D eigenvalue weighted by Gasteiger charge is 2.38. The van der Waals surface area contributed by atoms with E-state index in [0.29, 0.717) is 30.9 Å². The summed E-state index contributed by atoms with van der Waals surface area (Å²) in [4.78, 5) is 6.92. The van der Waals surface area contributed by atoms with Crippen molar-refractivity contribution in [3.63, 3.8) is 0 Å². The molecule has 3 rings (SSSR count). The molecule has 24 heavy (non-hydrogen) atoms. The largest absolute Gasteiger partial charge is 0.371 e. The SMILES string of the molecule is CC(C)OCc1noc(CN2CC(C)(C)C[C@H]2c2ccccc2)n1. The summed E-state index contributed by atoms with van der Waals surface area (Å²) in [5.41, 5.74) is 1.63. The van der Waals surface area contributed by atoms with Crippen molar-refractivity contribution < 1.29 is 9.26 Å². The Hall–Kier alpha value is -1.72. The Balaban J connectivity index is 1.70. The van der Waals surface area contributed by atoms with Crippen LogP contribution in [-0.4, -0.2) is 27.7 Å². The molecule has 130 valence electrons. The molecular formula is C19H27N3O2. The summed E-state index contributed by atoms with van der Waals surface area (Å²) in [5.74, 6) is 1.28. The fourth-order valence-electron chi connectivity index (χ4n) is 3.37. The Kier molecular flexibility index (Phi) is 5.01. The summed E-state index contributed by atoms with van der Waals surface area (Å²) in [5, 5.41) is 4.03. The molecule has 1 atom stereocenters. The zero-order chi connectivity index (χ0) is 17.2. The fourth-order valence-corrected chi connectivity index (χ4v) is 3.37. The summed E-state index contributed by atoms with van der Waals surface area (Å²) in [6.07, 6.45) is 1.29. The molecule has 1 aromatic heterocycles. The van der Waals surface area contributed by atoms with Gasteiger partial charge in [-0.1, -0.05) is 49.3 Å². The summed E-state index contributed by atoms with van der Waals surface area (Å²) in [7, 11) is 0. The van der Waals surface area contributed by atoms with Gasteiger partial charge in [-0.05, 0) is 31.2 Å². The number of likely N-dealkylation sites (tertiary alicyclic amines) is 1. The molecule has 0 spiro atoms. The molecule has 0 radical (unpaired) electrons. The van der Waals surface area contributed by atoms with Crippen LogP contribution in [-0.2, 0) is 17.9 Å². The van der Waals surface area contributed by atoms with Gasteiger partial charge in [0.05, 0.1) is 12.6 Å². The highest BCUT2D eigenvalue weighted by molar-refractivity contribution is 5.21. The molecule has 1 aliphatic heterocycles. The molecule has 1 fully saturated rings. The second-order valence-electron chi connectivity index (χ2n) is 7.66. The van der Waals surface area contributed by atoms with E-state index >= 15 is 0 Å². The molecule has 1 aromatic carbocycles. The molecule has 5 nitrogen and oxygen atoms in total. The van der Waals surface area contributed by atoms with Crippen LogP contribution >= 0.6 is 0 Å². The van der Waals surface area contributed by atoms with Crippen molar-refractivity contribution in [1.82, 2.24) is 15.0 Å². The number of hydrogen-bond donors (Lipinski definition) is 0. The molecule has 1 aliphatic rings. The van der Waals surface area contributed by atoms with E-state index in [1.54, 1.807) is 0 Å². The fraction of sp³-hybridized carbons (Fsp3) is 0.579. The van der Waals surface area contributed by atoms with Crippen LogP contribution < -0.4 is 0 Å². The van der Waals surface area contributed by atoms with Gasteiger partial charge in [0.1, 0.15) is 6.61 Å². The van der Waals surface area contributed by atoms with Gasteiger partial charge in [0, 0.05) is 12.6 Å². The van der Waals surface area contributed by atoms with Crippen LogP contribution in [0.1, 0.15) is 57.4 Å². The molecule has 0 aliphatic carbocycles. The Morgan fingerprint density at radius 1 is 1.29 bits per heavy atom. The summed E-state index contributed by atoms with van der Waals surface area (Å²) in [6, 6.07) is 11.1. The molecule has 5 heteroatoms. The van der Waals surface area contributed by atoms with E-state index in [9.17, 15) is 0 Å². The second-order valence-corrected chi connectivity index (χ2v) is 7.66. The first-order valence-corrected chi connectivity index (χ1v) is 8.65. The molecule has 0 N–H and O–H groups in total. The van der Waals surface area contributed by atoms with E-state index in [4.69, 9.17) is 9.26 Å². The van der Waals surface area contributed by atoms with Crippen LogP contribution in [0.25, 0.3) is 0 Å². The van der Waals surface area contributed by atoms with Crippen molar-refractivity contribution in [2.75, 3.05) is 6.54 Å². The van der Waals surface area contributed by atoms with E-state index in [2.05, 4.69) is 59.2 Å². The van der Waals surface area contributed by atoms with Gasteiger partial charge in [-0.2, -0.15) is 4.98 Å². The van der Waals surface area contributed by atoms with Gasteiger partial charge >= 0.3 is 0 Å². The van der Waals surface area contributed by atoms with Crippen LogP contribution in [0.4, 0.5) is 0 Å². The molecular weight excluding hydrogens is 302 g/mol. The van der Waals surface area contributed by atoms with Gasteiger partial charge in [-0.3, -0.25) is 4.90 Å². The second kappa shape index (κ2) is 7.03. The van der Waals surface area contributed by atoms with Crippen LogP contribution in [0.5, 0.6) is 0 Å². The third kappa shape index (κ3) is 4.22. The van der Waals surface area contributed by atoms with Gasteiger partial charge in [0.15, 0.2) is 5.82 Å². The van der Waals surface area contributed by atoms with Crippen molar-refractivity contribution in [1.29, 1.82) is 0 Å². The van der Waals surface area contributed by atoms with Gasteiger partial charge in [0.2, 0.25) is 5.89 Å². The van der Waals surface area contributed by atoms with Crippen LogP contribution in [0.15, 0.2) is 34.9 Å². The van der Waals surface area contributed by atoms with Gasteiger partial charge in [-0.15, -0.1) is 0 Å². The van der Waals surface area contributed by atoms with Crippen molar-refractivity contribution in [3.8, 4) is 0 Å². The Morgan fingerprint density at radius 3 is 2.75 bits per heavy atom. The number of ether oxygens (including phenoxy) is 1. The number of aromatic nitrogens is 2. The summed E-state index contributed by atoms with van der Waals surface area (Å²) in [6.45, 7) is 10.7. The van der Waals surface area contributed by atoms with Gasteiger partial charge < -0.3 is 9.26 Å².